The molecular weight excluding hydrogens is 240 g/mol. The summed E-state index contributed by atoms with van der Waals surface area (Å²) in [6.07, 6.45) is 0. The van der Waals surface area contributed by atoms with Crippen molar-refractivity contribution in [2.75, 3.05) is 7.11 Å². The molecular formula is C12H16O4S. The van der Waals surface area contributed by atoms with Gasteiger partial charge in [-0.05, 0) is 19.9 Å². The van der Waals surface area contributed by atoms with Crippen molar-refractivity contribution < 1.29 is 18.8 Å². The van der Waals surface area contributed by atoms with E-state index in [9.17, 15) is 9.00 Å². The number of aryl methyl sites for hydroxylation is 1. The number of methoxy groups -OCH3 is 1. The van der Waals surface area contributed by atoms with Crippen LogP contribution < -0.4 is 4.74 Å². The molecule has 0 saturated carbocycles. The molecule has 0 fully saturated rings. The lowest BCUT2D eigenvalue weighted by atomic mass is 10.1. The Kier molecular flexibility index (Phi) is 4.69. The smallest absolute Gasteiger partial charge is 0.318 e. The van der Waals surface area contributed by atoms with Gasteiger partial charge in [0.1, 0.15) is 11.0 Å². The zero-order chi connectivity index (χ0) is 13.0. The molecule has 0 bridgehead atoms. The molecule has 1 rings (SSSR count). The minimum atomic E-state index is -1.45. The maximum absolute atomic E-state index is 11.8. The molecule has 1 N–H and O–H groups in total. The van der Waals surface area contributed by atoms with Crippen LogP contribution in [0.15, 0.2) is 18.2 Å². The zero-order valence-corrected chi connectivity index (χ0v) is 10.9. The number of ether oxygens (including phenoxy) is 1. The highest BCUT2D eigenvalue weighted by Crippen LogP contribution is 2.22. The number of hydrogen-bond acceptors (Lipinski definition) is 3. The van der Waals surface area contributed by atoms with E-state index in [2.05, 4.69) is 0 Å². The van der Waals surface area contributed by atoms with E-state index in [4.69, 9.17) is 9.84 Å². The highest BCUT2D eigenvalue weighted by molar-refractivity contribution is 7.85. The van der Waals surface area contributed by atoms with E-state index in [0.717, 1.165) is 11.1 Å². The Morgan fingerprint density at radius 1 is 1.53 bits per heavy atom. The Labute approximate surface area is 103 Å². The molecule has 17 heavy (non-hydrogen) atoms. The summed E-state index contributed by atoms with van der Waals surface area (Å²) in [4.78, 5) is 10.7. The molecule has 0 spiro atoms. The maximum Gasteiger partial charge on any atom is 0.318 e. The van der Waals surface area contributed by atoms with Gasteiger partial charge in [-0.15, -0.1) is 0 Å². The number of benzene rings is 1. The molecule has 1 aromatic carbocycles. The molecule has 0 aliphatic carbocycles. The van der Waals surface area contributed by atoms with E-state index in [1.165, 1.54) is 14.0 Å². The van der Waals surface area contributed by atoms with Gasteiger partial charge in [0.15, 0.2) is 0 Å². The van der Waals surface area contributed by atoms with E-state index in [1.807, 2.05) is 19.1 Å². The quantitative estimate of drug-likeness (QED) is 0.871. The molecule has 2 unspecified atom stereocenters. The Morgan fingerprint density at radius 2 is 2.18 bits per heavy atom. The summed E-state index contributed by atoms with van der Waals surface area (Å²) in [5, 5.41) is 7.91. The molecule has 0 amide bonds. The Bertz CT molecular complexity index is 442. The molecule has 0 heterocycles. The summed E-state index contributed by atoms with van der Waals surface area (Å²) in [5.41, 5.74) is 1.81. The first-order valence-corrected chi connectivity index (χ1v) is 6.57. The van der Waals surface area contributed by atoms with Gasteiger partial charge in [0.2, 0.25) is 0 Å². The Hall–Kier alpha value is -1.36. The molecule has 0 aliphatic heterocycles. The van der Waals surface area contributed by atoms with Crippen molar-refractivity contribution in [3.63, 3.8) is 0 Å². The molecule has 94 valence electrons. The van der Waals surface area contributed by atoms with Gasteiger partial charge in [0.25, 0.3) is 0 Å². The van der Waals surface area contributed by atoms with Gasteiger partial charge in [-0.2, -0.15) is 0 Å². The second-order valence-corrected chi connectivity index (χ2v) is 5.58. The van der Waals surface area contributed by atoms with Crippen molar-refractivity contribution >= 4 is 16.8 Å². The number of carbonyl (C=O) groups is 1. The van der Waals surface area contributed by atoms with Crippen LogP contribution >= 0.6 is 0 Å². The molecule has 0 aromatic heterocycles. The molecule has 2 atom stereocenters. The lowest BCUT2D eigenvalue weighted by Gasteiger charge is -2.11. The first-order valence-electron chi connectivity index (χ1n) is 5.19. The number of aliphatic carboxylic acids is 1. The van der Waals surface area contributed by atoms with Crippen molar-refractivity contribution in [3.8, 4) is 5.75 Å². The predicted octanol–water partition coefficient (Wildman–Crippen LogP) is 1.73. The topological polar surface area (TPSA) is 63.6 Å². The van der Waals surface area contributed by atoms with Crippen molar-refractivity contribution in [2.45, 2.75) is 24.9 Å². The number of hydrogen-bond donors (Lipinski definition) is 1. The number of rotatable bonds is 5. The largest absolute Gasteiger partial charge is 0.496 e. The lowest BCUT2D eigenvalue weighted by molar-refractivity contribution is -0.136. The fourth-order valence-electron chi connectivity index (χ4n) is 1.41. The van der Waals surface area contributed by atoms with E-state index < -0.39 is 22.0 Å². The van der Waals surface area contributed by atoms with Gasteiger partial charge in [-0.3, -0.25) is 9.00 Å². The molecule has 4 nitrogen and oxygen atoms in total. The molecule has 0 aliphatic rings. The SMILES string of the molecule is COc1ccc(C)cc1CS(=O)C(C)C(=O)O. The van der Waals surface area contributed by atoms with Gasteiger partial charge >= 0.3 is 5.97 Å². The lowest BCUT2D eigenvalue weighted by Crippen LogP contribution is -2.23. The van der Waals surface area contributed by atoms with Gasteiger partial charge in [0.05, 0.1) is 12.9 Å². The molecule has 1 aromatic rings. The molecule has 0 saturated heterocycles. The first-order chi connectivity index (χ1) is 7.95. The molecule has 0 radical (unpaired) electrons. The Balaban J connectivity index is 2.91. The van der Waals surface area contributed by atoms with Crippen LogP contribution in [0.4, 0.5) is 0 Å². The first kappa shape index (κ1) is 13.7. The Morgan fingerprint density at radius 3 is 2.71 bits per heavy atom. The normalized spacial score (nSPS) is 14.1. The van der Waals surface area contributed by atoms with Crippen LogP contribution in [0.1, 0.15) is 18.1 Å². The fourth-order valence-corrected chi connectivity index (χ4v) is 2.42. The summed E-state index contributed by atoms with van der Waals surface area (Å²) in [6, 6.07) is 5.56. The highest BCUT2D eigenvalue weighted by atomic mass is 32.2. The predicted molar refractivity (Wildman–Crippen MR) is 66.7 cm³/mol. The van der Waals surface area contributed by atoms with Gasteiger partial charge in [-0.25, -0.2) is 0 Å². The number of carboxylic acid groups (broad SMARTS) is 1. The van der Waals surface area contributed by atoms with Crippen molar-refractivity contribution in [2.24, 2.45) is 0 Å². The van der Waals surface area contributed by atoms with Crippen molar-refractivity contribution in [1.82, 2.24) is 0 Å². The van der Waals surface area contributed by atoms with Crippen LogP contribution in [0.3, 0.4) is 0 Å². The second-order valence-electron chi connectivity index (χ2n) is 3.82. The molecule has 5 heteroatoms. The zero-order valence-electron chi connectivity index (χ0n) is 10.1. The number of carboxylic acids is 1. The fraction of sp³-hybridized carbons (Fsp3) is 0.417. The second kappa shape index (κ2) is 5.82. The summed E-state index contributed by atoms with van der Waals surface area (Å²) < 4.78 is 17.0. The van der Waals surface area contributed by atoms with E-state index in [0.29, 0.717) is 5.75 Å². The van der Waals surface area contributed by atoms with Gasteiger partial charge in [0, 0.05) is 16.4 Å². The maximum atomic E-state index is 11.8. The van der Waals surface area contributed by atoms with Crippen molar-refractivity contribution in [1.29, 1.82) is 0 Å². The van der Waals surface area contributed by atoms with Gasteiger partial charge < -0.3 is 9.84 Å². The van der Waals surface area contributed by atoms with Crippen molar-refractivity contribution in [3.05, 3.63) is 29.3 Å². The average Bonchev–Trinajstić information content (AvgIpc) is 2.28. The summed E-state index contributed by atoms with van der Waals surface area (Å²) in [6.45, 7) is 3.37. The minimum Gasteiger partial charge on any atom is -0.496 e. The van der Waals surface area contributed by atoms with Crippen LogP contribution in [0.2, 0.25) is 0 Å². The van der Waals surface area contributed by atoms with E-state index in [-0.39, 0.29) is 5.75 Å². The van der Waals surface area contributed by atoms with Crippen LogP contribution in [0.5, 0.6) is 5.75 Å². The van der Waals surface area contributed by atoms with E-state index >= 15 is 0 Å². The van der Waals surface area contributed by atoms with Crippen LogP contribution in [0.25, 0.3) is 0 Å². The van der Waals surface area contributed by atoms with Crippen LogP contribution in [-0.4, -0.2) is 27.6 Å². The standard InChI is InChI=1S/C12H16O4S/c1-8-4-5-11(16-3)10(6-8)7-17(15)9(2)12(13)14/h4-6,9H,7H2,1-3H3,(H,13,14). The third-order valence-corrected chi connectivity index (χ3v) is 4.06. The summed E-state index contributed by atoms with van der Waals surface area (Å²) in [7, 11) is 0.0938. The van der Waals surface area contributed by atoms with E-state index in [1.54, 1.807) is 6.07 Å². The minimum absolute atomic E-state index is 0.193. The summed E-state index contributed by atoms with van der Waals surface area (Å²) in [5.74, 6) is -0.213. The highest BCUT2D eigenvalue weighted by Gasteiger charge is 2.20. The monoisotopic (exact) mass is 256 g/mol. The third kappa shape index (κ3) is 3.56. The van der Waals surface area contributed by atoms with Crippen LogP contribution in [0, 0.1) is 6.92 Å². The van der Waals surface area contributed by atoms with Crippen LogP contribution in [-0.2, 0) is 21.3 Å². The average molecular weight is 256 g/mol. The van der Waals surface area contributed by atoms with Gasteiger partial charge in [-0.1, -0.05) is 17.7 Å². The third-order valence-electron chi connectivity index (χ3n) is 2.48. The summed E-state index contributed by atoms with van der Waals surface area (Å²) >= 11 is 0.